The molecule has 0 radical (unpaired) electrons. The first-order chi connectivity index (χ1) is 12.9. The lowest BCUT2D eigenvalue weighted by Gasteiger charge is -2.32. The van der Waals surface area contributed by atoms with Gasteiger partial charge in [0.2, 0.25) is 10.0 Å². The van der Waals surface area contributed by atoms with E-state index in [9.17, 15) is 18.5 Å². The minimum atomic E-state index is -3.65. The molecule has 0 amide bonds. The van der Waals surface area contributed by atoms with Crippen LogP contribution in [0.4, 0.5) is 5.69 Å². The number of hydrogen-bond acceptors (Lipinski definition) is 5. The maximum atomic E-state index is 12.4. The minimum absolute atomic E-state index is 0.0506. The number of likely N-dealkylation sites (tertiary alicyclic amines) is 1. The molecule has 0 aromatic heterocycles. The number of benzene rings is 2. The lowest BCUT2D eigenvalue weighted by molar-refractivity contribution is -0.384. The smallest absolute Gasteiger partial charge is 0.269 e. The van der Waals surface area contributed by atoms with E-state index in [1.54, 1.807) is 0 Å². The predicted octanol–water partition coefficient (Wildman–Crippen LogP) is 2.79. The Balaban J connectivity index is 1.48. The van der Waals surface area contributed by atoms with Crippen LogP contribution in [0.15, 0.2) is 59.5 Å². The zero-order valence-electron chi connectivity index (χ0n) is 15.0. The molecule has 1 aliphatic heterocycles. The molecule has 1 N–H and O–H groups in total. The van der Waals surface area contributed by atoms with Gasteiger partial charge < -0.3 is 0 Å². The third-order valence-electron chi connectivity index (χ3n) is 4.88. The van der Waals surface area contributed by atoms with Crippen LogP contribution in [0.25, 0.3) is 0 Å². The topological polar surface area (TPSA) is 92.5 Å². The van der Waals surface area contributed by atoms with Crippen molar-refractivity contribution in [2.24, 2.45) is 5.92 Å². The van der Waals surface area contributed by atoms with Crippen molar-refractivity contribution < 1.29 is 13.3 Å². The van der Waals surface area contributed by atoms with E-state index >= 15 is 0 Å². The summed E-state index contributed by atoms with van der Waals surface area (Å²) in [4.78, 5) is 12.6. The average Bonchev–Trinajstić information content (AvgIpc) is 2.68. The van der Waals surface area contributed by atoms with Crippen molar-refractivity contribution in [3.05, 3.63) is 70.3 Å². The highest BCUT2D eigenvalue weighted by atomic mass is 32.2. The monoisotopic (exact) mass is 389 g/mol. The second-order valence-electron chi connectivity index (χ2n) is 6.81. The molecule has 0 saturated carbocycles. The molecule has 1 fully saturated rings. The first-order valence-corrected chi connectivity index (χ1v) is 10.4. The van der Waals surface area contributed by atoms with Crippen LogP contribution in [0.2, 0.25) is 0 Å². The van der Waals surface area contributed by atoms with Gasteiger partial charge in [-0.15, -0.1) is 0 Å². The number of hydrogen-bond donors (Lipinski definition) is 1. The normalized spacial score (nSPS) is 16.3. The van der Waals surface area contributed by atoms with E-state index in [2.05, 4.69) is 21.8 Å². The van der Waals surface area contributed by atoms with Gasteiger partial charge in [-0.05, 0) is 49.5 Å². The number of non-ortho nitro benzene ring substituents is 1. The Kier molecular flexibility index (Phi) is 6.20. The molecule has 1 aliphatic rings. The van der Waals surface area contributed by atoms with Crippen LogP contribution in [0.1, 0.15) is 18.4 Å². The predicted molar refractivity (Wildman–Crippen MR) is 103 cm³/mol. The highest BCUT2D eigenvalue weighted by Crippen LogP contribution is 2.20. The van der Waals surface area contributed by atoms with E-state index in [1.165, 1.54) is 29.8 Å². The number of nitrogens with one attached hydrogen (secondary N) is 1. The van der Waals surface area contributed by atoms with Crippen LogP contribution in [0, 0.1) is 16.0 Å². The molecule has 0 spiro atoms. The van der Waals surface area contributed by atoms with Crippen LogP contribution in [-0.2, 0) is 16.6 Å². The zero-order chi connectivity index (χ0) is 19.3. The Morgan fingerprint density at radius 3 is 2.26 bits per heavy atom. The van der Waals surface area contributed by atoms with Gasteiger partial charge in [0.15, 0.2) is 0 Å². The Hall–Kier alpha value is -2.29. The molecule has 144 valence electrons. The molecule has 0 atom stereocenters. The quantitative estimate of drug-likeness (QED) is 0.581. The fourth-order valence-electron chi connectivity index (χ4n) is 3.25. The molecule has 27 heavy (non-hydrogen) atoms. The number of nitro benzene ring substituents is 1. The lowest BCUT2D eigenvalue weighted by Crippen LogP contribution is -2.38. The van der Waals surface area contributed by atoms with E-state index in [0.717, 1.165) is 32.5 Å². The molecule has 0 unspecified atom stereocenters. The summed E-state index contributed by atoms with van der Waals surface area (Å²) < 4.78 is 27.4. The first-order valence-electron chi connectivity index (χ1n) is 8.94. The average molecular weight is 389 g/mol. The van der Waals surface area contributed by atoms with E-state index in [4.69, 9.17) is 0 Å². The Morgan fingerprint density at radius 1 is 1.04 bits per heavy atom. The molecule has 0 bridgehead atoms. The van der Waals surface area contributed by atoms with Crippen molar-refractivity contribution in [3.8, 4) is 0 Å². The van der Waals surface area contributed by atoms with Gasteiger partial charge in [-0.3, -0.25) is 15.0 Å². The molecular formula is C19H23N3O4S. The highest BCUT2D eigenvalue weighted by molar-refractivity contribution is 7.89. The van der Waals surface area contributed by atoms with E-state index in [1.807, 2.05) is 18.2 Å². The molecule has 8 heteroatoms. The first kappa shape index (κ1) is 19.5. The van der Waals surface area contributed by atoms with E-state index < -0.39 is 14.9 Å². The van der Waals surface area contributed by atoms with Crippen molar-refractivity contribution in [2.45, 2.75) is 24.3 Å². The fraction of sp³-hybridized carbons (Fsp3) is 0.368. The van der Waals surface area contributed by atoms with Crippen LogP contribution < -0.4 is 4.72 Å². The van der Waals surface area contributed by atoms with Gasteiger partial charge in [-0.2, -0.15) is 0 Å². The van der Waals surface area contributed by atoms with Crippen LogP contribution >= 0.6 is 0 Å². The van der Waals surface area contributed by atoms with Crippen molar-refractivity contribution >= 4 is 15.7 Å². The number of sulfonamides is 1. The van der Waals surface area contributed by atoms with Gasteiger partial charge in [0.1, 0.15) is 0 Å². The van der Waals surface area contributed by atoms with E-state index in [0.29, 0.717) is 12.5 Å². The van der Waals surface area contributed by atoms with Gasteiger partial charge in [0.25, 0.3) is 5.69 Å². The molecule has 3 rings (SSSR count). The Bertz CT molecular complexity index is 862. The number of piperidine rings is 1. The zero-order valence-corrected chi connectivity index (χ0v) is 15.8. The minimum Gasteiger partial charge on any atom is -0.299 e. The number of nitro groups is 1. The summed E-state index contributed by atoms with van der Waals surface area (Å²) in [6.45, 7) is 3.19. The summed E-state index contributed by atoms with van der Waals surface area (Å²) >= 11 is 0. The van der Waals surface area contributed by atoms with Crippen LogP contribution in [-0.4, -0.2) is 37.9 Å². The Labute approximate surface area is 159 Å². The summed E-state index contributed by atoms with van der Waals surface area (Å²) in [5.74, 6) is 0.296. The highest BCUT2D eigenvalue weighted by Gasteiger charge is 2.22. The van der Waals surface area contributed by atoms with Gasteiger partial charge in [0.05, 0.1) is 9.82 Å². The largest absolute Gasteiger partial charge is 0.299 e. The number of nitrogens with zero attached hydrogens (tertiary/aromatic N) is 2. The molecule has 2 aromatic carbocycles. The number of rotatable bonds is 7. The summed E-state index contributed by atoms with van der Waals surface area (Å²) in [6, 6.07) is 15.3. The maximum Gasteiger partial charge on any atom is 0.269 e. The second kappa shape index (κ2) is 8.60. The summed E-state index contributed by atoms with van der Waals surface area (Å²) in [5.41, 5.74) is 1.16. The van der Waals surface area contributed by atoms with Crippen molar-refractivity contribution in [2.75, 3.05) is 19.6 Å². The Morgan fingerprint density at radius 2 is 1.67 bits per heavy atom. The van der Waals surface area contributed by atoms with Crippen LogP contribution in [0.3, 0.4) is 0 Å². The fourth-order valence-corrected chi connectivity index (χ4v) is 4.36. The van der Waals surface area contributed by atoms with Crippen LogP contribution in [0.5, 0.6) is 0 Å². The van der Waals surface area contributed by atoms with Crippen molar-refractivity contribution in [3.63, 3.8) is 0 Å². The molecule has 1 saturated heterocycles. The molecular weight excluding hydrogens is 366 g/mol. The summed E-state index contributed by atoms with van der Waals surface area (Å²) in [6.07, 6.45) is 1.88. The summed E-state index contributed by atoms with van der Waals surface area (Å²) in [5, 5.41) is 10.7. The molecule has 7 nitrogen and oxygen atoms in total. The van der Waals surface area contributed by atoms with E-state index in [-0.39, 0.29) is 10.6 Å². The third kappa shape index (κ3) is 5.35. The van der Waals surface area contributed by atoms with Gasteiger partial charge in [0, 0.05) is 25.2 Å². The van der Waals surface area contributed by atoms with Crippen molar-refractivity contribution in [1.82, 2.24) is 9.62 Å². The SMILES string of the molecule is O=[N+]([O-])c1ccc(S(=O)(=O)NCC2CCN(Cc3ccccc3)CC2)cc1. The summed E-state index contributed by atoms with van der Waals surface area (Å²) in [7, 11) is -3.65. The molecule has 2 aromatic rings. The molecule has 0 aliphatic carbocycles. The van der Waals surface area contributed by atoms with Gasteiger partial charge in [-0.25, -0.2) is 13.1 Å². The third-order valence-corrected chi connectivity index (χ3v) is 6.32. The van der Waals surface area contributed by atoms with Gasteiger partial charge in [-0.1, -0.05) is 30.3 Å². The van der Waals surface area contributed by atoms with Crippen molar-refractivity contribution in [1.29, 1.82) is 0 Å². The van der Waals surface area contributed by atoms with Gasteiger partial charge >= 0.3 is 0 Å². The lowest BCUT2D eigenvalue weighted by atomic mass is 9.97. The standard InChI is InChI=1S/C19H23N3O4S/c23-22(24)18-6-8-19(9-7-18)27(25,26)20-14-16-10-12-21(13-11-16)15-17-4-2-1-3-5-17/h1-9,16,20H,10-15H2. The molecule has 1 heterocycles. The second-order valence-corrected chi connectivity index (χ2v) is 8.57. The maximum absolute atomic E-state index is 12.4.